The van der Waals surface area contributed by atoms with Gasteiger partial charge in [0.2, 0.25) is 0 Å². The summed E-state index contributed by atoms with van der Waals surface area (Å²) in [7, 11) is 1.85. The number of carboxylic acid groups (broad SMARTS) is 1. The molecule has 5 heteroatoms. The van der Waals surface area contributed by atoms with Crippen LogP contribution >= 0.6 is 11.3 Å². The van der Waals surface area contributed by atoms with Crippen molar-refractivity contribution in [2.24, 2.45) is 0 Å². The number of carbonyl (C=O) groups is 1. The number of benzene rings is 1. The molecule has 102 valence electrons. The molecule has 0 saturated carbocycles. The Kier molecular flexibility index (Phi) is 4.17. The Labute approximate surface area is 116 Å². The van der Waals surface area contributed by atoms with E-state index in [0.29, 0.717) is 6.42 Å². The van der Waals surface area contributed by atoms with Crippen LogP contribution in [0.4, 0.5) is 0 Å². The van der Waals surface area contributed by atoms with E-state index < -0.39 is 12.0 Å². The van der Waals surface area contributed by atoms with Crippen LogP contribution in [-0.2, 0) is 4.79 Å². The Balaban J connectivity index is 2.27. The van der Waals surface area contributed by atoms with Crippen LogP contribution in [0.3, 0.4) is 0 Å². The number of thiazole rings is 1. The molecule has 0 fully saturated rings. The quantitative estimate of drug-likeness (QED) is 0.912. The molecule has 2 rings (SSSR count). The molecule has 0 amide bonds. The summed E-state index contributed by atoms with van der Waals surface area (Å²) in [6.07, 6.45) is 0.584. The van der Waals surface area contributed by atoms with Crippen molar-refractivity contribution in [1.29, 1.82) is 0 Å². The van der Waals surface area contributed by atoms with Gasteiger partial charge < -0.3 is 5.11 Å². The standard InChI is InChI=1S/C14H18N2O2S/c1-4-11(14(17)18)16(3)9(2)13-15-10-7-5-6-8-12(10)19-13/h5-9,11H,4H2,1-3H3,(H,17,18). The van der Waals surface area contributed by atoms with E-state index in [1.54, 1.807) is 11.3 Å². The zero-order chi connectivity index (χ0) is 14.0. The Morgan fingerprint density at radius 3 is 2.74 bits per heavy atom. The molecule has 0 aliphatic heterocycles. The molecule has 2 atom stereocenters. The molecular formula is C14H18N2O2S. The highest BCUT2D eigenvalue weighted by Gasteiger charge is 2.26. The van der Waals surface area contributed by atoms with Gasteiger partial charge in [0.05, 0.1) is 16.3 Å². The molecule has 0 saturated heterocycles. The van der Waals surface area contributed by atoms with Crippen LogP contribution in [0.5, 0.6) is 0 Å². The average molecular weight is 278 g/mol. The molecule has 0 radical (unpaired) electrons. The number of aliphatic carboxylic acids is 1. The summed E-state index contributed by atoms with van der Waals surface area (Å²) >= 11 is 1.63. The van der Waals surface area contributed by atoms with Gasteiger partial charge in [-0.1, -0.05) is 19.1 Å². The van der Waals surface area contributed by atoms with Gasteiger partial charge in [-0.3, -0.25) is 9.69 Å². The van der Waals surface area contributed by atoms with Crippen molar-refractivity contribution in [3.05, 3.63) is 29.3 Å². The van der Waals surface area contributed by atoms with Gasteiger partial charge >= 0.3 is 5.97 Å². The molecule has 19 heavy (non-hydrogen) atoms. The molecule has 0 aliphatic carbocycles. The summed E-state index contributed by atoms with van der Waals surface area (Å²) in [5.74, 6) is -0.780. The molecule has 1 N–H and O–H groups in total. The first kappa shape index (κ1) is 14.0. The predicted octanol–water partition coefficient (Wildman–Crippen LogP) is 3.15. The highest BCUT2D eigenvalue weighted by atomic mass is 32.1. The number of likely N-dealkylation sites (N-methyl/N-ethyl adjacent to an activating group) is 1. The van der Waals surface area contributed by atoms with E-state index in [1.165, 1.54) is 0 Å². The second-order valence-electron chi connectivity index (χ2n) is 4.62. The van der Waals surface area contributed by atoms with Gasteiger partial charge in [0.1, 0.15) is 11.0 Å². The molecule has 0 aliphatic rings. The van der Waals surface area contributed by atoms with Crippen LogP contribution in [0.25, 0.3) is 10.2 Å². The molecule has 0 bridgehead atoms. The fraction of sp³-hybridized carbons (Fsp3) is 0.429. The third-order valence-electron chi connectivity index (χ3n) is 3.44. The normalized spacial score (nSPS) is 14.7. The van der Waals surface area contributed by atoms with Crippen LogP contribution in [0.15, 0.2) is 24.3 Å². The smallest absolute Gasteiger partial charge is 0.320 e. The maximum absolute atomic E-state index is 11.2. The van der Waals surface area contributed by atoms with Gasteiger partial charge in [0, 0.05) is 0 Å². The summed E-state index contributed by atoms with van der Waals surface area (Å²) in [6, 6.07) is 7.51. The van der Waals surface area contributed by atoms with Crippen LogP contribution in [0.2, 0.25) is 0 Å². The maximum atomic E-state index is 11.2. The number of rotatable bonds is 5. The Morgan fingerprint density at radius 2 is 2.16 bits per heavy atom. The van der Waals surface area contributed by atoms with Crippen LogP contribution in [0, 0.1) is 0 Å². The predicted molar refractivity (Wildman–Crippen MR) is 77.5 cm³/mol. The largest absolute Gasteiger partial charge is 0.480 e. The molecule has 1 heterocycles. The number of fused-ring (bicyclic) bond motifs is 1. The fourth-order valence-electron chi connectivity index (χ4n) is 2.15. The minimum Gasteiger partial charge on any atom is -0.480 e. The zero-order valence-electron chi connectivity index (χ0n) is 11.3. The molecule has 1 aromatic carbocycles. The highest BCUT2D eigenvalue weighted by Crippen LogP contribution is 2.30. The Bertz CT molecular complexity index is 549. The third-order valence-corrected chi connectivity index (χ3v) is 4.65. The van der Waals surface area contributed by atoms with Crippen molar-refractivity contribution >= 4 is 27.5 Å². The molecule has 0 spiro atoms. The minimum absolute atomic E-state index is 0.00144. The average Bonchev–Trinajstić information content (AvgIpc) is 2.81. The van der Waals surface area contributed by atoms with Gasteiger partial charge in [-0.2, -0.15) is 0 Å². The zero-order valence-corrected chi connectivity index (χ0v) is 12.1. The molecule has 2 aromatic rings. The molecule has 2 unspecified atom stereocenters. The summed E-state index contributed by atoms with van der Waals surface area (Å²) in [5, 5.41) is 10.2. The molecular weight excluding hydrogens is 260 g/mol. The van der Waals surface area contributed by atoms with Crippen molar-refractivity contribution in [3.63, 3.8) is 0 Å². The van der Waals surface area contributed by atoms with Crippen molar-refractivity contribution in [1.82, 2.24) is 9.88 Å². The lowest BCUT2D eigenvalue weighted by molar-refractivity contribution is -0.143. The van der Waals surface area contributed by atoms with Gasteiger partial charge in [-0.05, 0) is 32.5 Å². The van der Waals surface area contributed by atoms with Gasteiger partial charge in [0.15, 0.2) is 0 Å². The topological polar surface area (TPSA) is 53.4 Å². The van der Waals surface area contributed by atoms with Crippen LogP contribution < -0.4 is 0 Å². The lowest BCUT2D eigenvalue weighted by Crippen LogP contribution is -2.39. The molecule has 4 nitrogen and oxygen atoms in total. The van der Waals surface area contributed by atoms with Crippen molar-refractivity contribution < 1.29 is 9.90 Å². The van der Waals surface area contributed by atoms with Crippen LogP contribution in [-0.4, -0.2) is 34.0 Å². The van der Waals surface area contributed by atoms with E-state index in [-0.39, 0.29) is 6.04 Å². The first-order valence-corrected chi connectivity index (χ1v) is 7.16. The van der Waals surface area contributed by atoms with Crippen molar-refractivity contribution in [2.75, 3.05) is 7.05 Å². The lowest BCUT2D eigenvalue weighted by Gasteiger charge is -2.28. The number of aromatic nitrogens is 1. The lowest BCUT2D eigenvalue weighted by atomic mass is 10.1. The van der Waals surface area contributed by atoms with Crippen molar-refractivity contribution in [2.45, 2.75) is 32.4 Å². The van der Waals surface area contributed by atoms with Crippen molar-refractivity contribution in [3.8, 4) is 0 Å². The second kappa shape index (κ2) is 5.67. The van der Waals surface area contributed by atoms with E-state index in [2.05, 4.69) is 4.98 Å². The van der Waals surface area contributed by atoms with Gasteiger partial charge in [-0.25, -0.2) is 4.98 Å². The van der Waals surface area contributed by atoms with Gasteiger partial charge in [0.25, 0.3) is 0 Å². The number of hydrogen-bond acceptors (Lipinski definition) is 4. The Hall–Kier alpha value is -1.46. The highest BCUT2D eigenvalue weighted by molar-refractivity contribution is 7.18. The summed E-state index contributed by atoms with van der Waals surface area (Å²) in [5.41, 5.74) is 0.978. The second-order valence-corrected chi connectivity index (χ2v) is 5.69. The Morgan fingerprint density at radius 1 is 1.47 bits per heavy atom. The first-order valence-electron chi connectivity index (χ1n) is 6.34. The third kappa shape index (κ3) is 2.77. The number of carboxylic acids is 1. The summed E-state index contributed by atoms with van der Waals surface area (Å²) < 4.78 is 1.14. The summed E-state index contributed by atoms with van der Waals surface area (Å²) in [4.78, 5) is 17.7. The molecule has 1 aromatic heterocycles. The number of hydrogen-bond donors (Lipinski definition) is 1. The van der Waals surface area contributed by atoms with E-state index in [9.17, 15) is 9.90 Å². The van der Waals surface area contributed by atoms with E-state index >= 15 is 0 Å². The SMILES string of the molecule is CCC(C(=O)O)N(C)C(C)c1nc2ccccc2s1. The maximum Gasteiger partial charge on any atom is 0.320 e. The van der Waals surface area contributed by atoms with E-state index in [1.807, 2.05) is 50.1 Å². The van der Waals surface area contributed by atoms with Crippen LogP contribution in [0.1, 0.15) is 31.3 Å². The minimum atomic E-state index is -0.780. The number of para-hydroxylation sites is 1. The first-order chi connectivity index (χ1) is 9.04. The fourth-order valence-corrected chi connectivity index (χ4v) is 3.22. The van der Waals surface area contributed by atoms with E-state index in [0.717, 1.165) is 15.2 Å². The summed E-state index contributed by atoms with van der Waals surface area (Å²) in [6.45, 7) is 3.89. The van der Waals surface area contributed by atoms with E-state index in [4.69, 9.17) is 0 Å². The van der Waals surface area contributed by atoms with Gasteiger partial charge in [-0.15, -0.1) is 11.3 Å². The number of nitrogens with zero attached hydrogens (tertiary/aromatic N) is 2. The monoisotopic (exact) mass is 278 g/mol.